The number of phenolic OH excluding ortho intramolecular Hbond substituents is 1. The highest BCUT2D eigenvalue weighted by Gasteiger charge is 2.19. The average molecular weight is 511 g/mol. The monoisotopic (exact) mass is 510 g/mol. The summed E-state index contributed by atoms with van der Waals surface area (Å²) in [5.74, 6) is 0.907. The molecule has 3 heterocycles. The molecule has 0 aliphatic rings. The van der Waals surface area contributed by atoms with Crippen LogP contribution in [-0.2, 0) is 7.05 Å². The van der Waals surface area contributed by atoms with E-state index in [1.165, 1.54) is 22.3 Å². The normalized spacial score (nSPS) is 11.3. The van der Waals surface area contributed by atoms with Crippen LogP contribution < -0.4 is 0 Å². The van der Waals surface area contributed by atoms with Gasteiger partial charge < -0.3 is 9.67 Å². The zero-order valence-electron chi connectivity index (χ0n) is 22.8. The summed E-state index contributed by atoms with van der Waals surface area (Å²) in [5, 5.41) is 10.6. The number of aromatic hydroxyl groups is 1. The number of fused-ring (bicyclic) bond motifs is 1. The summed E-state index contributed by atoms with van der Waals surface area (Å²) < 4.78 is 2.00. The number of benzene rings is 3. The van der Waals surface area contributed by atoms with Crippen molar-refractivity contribution >= 4 is 11.0 Å². The molecule has 5 nitrogen and oxygen atoms in total. The Balaban J connectivity index is 1.62. The van der Waals surface area contributed by atoms with Crippen LogP contribution >= 0.6 is 0 Å². The molecule has 5 heteroatoms. The highest BCUT2D eigenvalue weighted by molar-refractivity contribution is 5.96. The van der Waals surface area contributed by atoms with Crippen LogP contribution in [0.3, 0.4) is 0 Å². The summed E-state index contributed by atoms with van der Waals surface area (Å²) in [6.07, 6.45) is 5.54. The van der Waals surface area contributed by atoms with E-state index in [1.807, 2.05) is 67.5 Å². The Morgan fingerprint density at radius 1 is 0.718 bits per heavy atom. The van der Waals surface area contributed by atoms with Gasteiger partial charge in [0.15, 0.2) is 0 Å². The molecular weight excluding hydrogens is 480 g/mol. The first-order valence-corrected chi connectivity index (χ1v) is 13.1. The first-order chi connectivity index (χ1) is 18.8. The van der Waals surface area contributed by atoms with Crippen molar-refractivity contribution < 1.29 is 5.11 Å². The van der Waals surface area contributed by atoms with Crippen LogP contribution in [0.4, 0.5) is 0 Å². The number of pyridine rings is 2. The first-order valence-electron chi connectivity index (χ1n) is 13.1. The second-order valence-electron chi connectivity index (χ2n) is 10.4. The molecule has 6 aromatic rings. The topological polar surface area (TPSA) is 63.8 Å². The average Bonchev–Trinajstić information content (AvgIpc) is 3.26. The van der Waals surface area contributed by atoms with Crippen molar-refractivity contribution in [2.45, 2.75) is 27.7 Å². The predicted molar refractivity (Wildman–Crippen MR) is 159 cm³/mol. The molecule has 0 atom stereocenters. The molecule has 0 saturated carbocycles. The van der Waals surface area contributed by atoms with Crippen molar-refractivity contribution in [3.8, 4) is 50.6 Å². The van der Waals surface area contributed by atoms with Gasteiger partial charge in [0.05, 0.1) is 23.0 Å². The van der Waals surface area contributed by atoms with E-state index in [0.29, 0.717) is 11.4 Å². The van der Waals surface area contributed by atoms with E-state index >= 15 is 0 Å². The smallest absolute Gasteiger partial charge is 0.144 e. The Morgan fingerprint density at radius 3 is 2.21 bits per heavy atom. The molecule has 0 spiro atoms. The molecule has 6 rings (SSSR count). The van der Waals surface area contributed by atoms with E-state index in [1.54, 1.807) is 6.07 Å². The fraction of sp³-hybridized carbons (Fsp3) is 0.147. The van der Waals surface area contributed by atoms with Crippen molar-refractivity contribution in [3.05, 3.63) is 108 Å². The van der Waals surface area contributed by atoms with Crippen LogP contribution in [0.5, 0.6) is 5.75 Å². The van der Waals surface area contributed by atoms with E-state index in [4.69, 9.17) is 4.98 Å². The van der Waals surface area contributed by atoms with Gasteiger partial charge in [0.1, 0.15) is 17.1 Å². The molecule has 0 aliphatic heterocycles. The number of rotatable bonds is 4. The van der Waals surface area contributed by atoms with E-state index in [9.17, 15) is 5.11 Å². The van der Waals surface area contributed by atoms with Crippen LogP contribution in [0.25, 0.3) is 55.9 Å². The summed E-state index contributed by atoms with van der Waals surface area (Å²) in [6, 6.07) is 22.6. The molecule has 0 unspecified atom stereocenters. The van der Waals surface area contributed by atoms with Gasteiger partial charge >= 0.3 is 0 Å². The lowest BCUT2D eigenvalue weighted by atomic mass is 9.90. The number of hydrogen-bond donors (Lipinski definition) is 1. The summed E-state index contributed by atoms with van der Waals surface area (Å²) in [4.78, 5) is 14.3. The zero-order chi connectivity index (χ0) is 27.3. The fourth-order valence-electron chi connectivity index (χ4n) is 5.63. The van der Waals surface area contributed by atoms with Crippen molar-refractivity contribution in [3.63, 3.8) is 0 Å². The quantitative estimate of drug-likeness (QED) is 0.261. The number of phenols is 1. The van der Waals surface area contributed by atoms with Crippen molar-refractivity contribution in [1.29, 1.82) is 0 Å². The fourth-order valence-corrected chi connectivity index (χ4v) is 5.63. The summed E-state index contributed by atoms with van der Waals surface area (Å²) in [5.41, 5.74) is 13.5. The zero-order valence-corrected chi connectivity index (χ0v) is 22.8. The maximum Gasteiger partial charge on any atom is 0.144 e. The minimum atomic E-state index is 0.207. The molecule has 0 amide bonds. The minimum absolute atomic E-state index is 0.207. The Bertz CT molecular complexity index is 1850. The summed E-state index contributed by atoms with van der Waals surface area (Å²) >= 11 is 0. The predicted octanol–water partition coefficient (Wildman–Crippen LogP) is 7.97. The lowest BCUT2D eigenvalue weighted by molar-refractivity contribution is 0.476. The third-order valence-electron chi connectivity index (χ3n) is 7.36. The second kappa shape index (κ2) is 9.52. The number of imidazole rings is 1. The Hall–Kier alpha value is -4.77. The van der Waals surface area contributed by atoms with E-state index in [-0.39, 0.29) is 5.75 Å². The van der Waals surface area contributed by atoms with E-state index in [2.05, 4.69) is 61.1 Å². The number of aromatic nitrogens is 4. The SMILES string of the molecule is Cc1cc(C)c(-c2cc(-c3ccccn3)cc(-c3cncc4c3nc(-c3cc(C)ccc3O)n4C)c2)c(C)c1. The van der Waals surface area contributed by atoms with Crippen LogP contribution in [-0.4, -0.2) is 24.6 Å². The van der Waals surface area contributed by atoms with Gasteiger partial charge in [0.2, 0.25) is 0 Å². The number of hydrogen-bond acceptors (Lipinski definition) is 4. The maximum absolute atomic E-state index is 10.6. The van der Waals surface area contributed by atoms with Gasteiger partial charge in [-0.3, -0.25) is 9.97 Å². The van der Waals surface area contributed by atoms with E-state index in [0.717, 1.165) is 44.5 Å². The van der Waals surface area contributed by atoms with Crippen LogP contribution in [0.15, 0.2) is 85.3 Å². The summed E-state index contributed by atoms with van der Waals surface area (Å²) in [6.45, 7) is 8.49. The van der Waals surface area contributed by atoms with Gasteiger partial charge in [-0.1, -0.05) is 35.4 Å². The Labute approximate surface area is 228 Å². The standard InChI is InChI=1S/C34H30N4O/c1-20-9-10-31(39)27(14-20)34-37-33-28(18-35-19-30(33)38(34)5)24-15-25(29-8-6-7-11-36-29)17-26(16-24)32-22(3)12-21(2)13-23(32)4/h6-19,39H,1-5H3. The molecule has 192 valence electrons. The third kappa shape index (κ3) is 4.36. The van der Waals surface area contributed by atoms with E-state index < -0.39 is 0 Å². The molecule has 1 N–H and O–H groups in total. The van der Waals surface area contributed by atoms with Gasteiger partial charge in [0.25, 0.3) is 0 Å². The third-order valence-corrected chi connectivity index (χ3v) is 7.36. The van der Waals surface area contributed by atoms with Gasteiger partial charge in [-0.25, -0.2) is 4.98 Å². The van der Waals surface area contributed by atoms with Gasteiger partial charge in [0, 0.05) is 30.6 Å². The molecule has 0 bridgehead atoms. The molecule has 0 aliphatic carbocycles. The van der Waals surface area contributed by atoms with Gasteiger partial charge in [-0.2, -0.15) is 0 Å². The molecule has 3 aromatic carbocycles. The Kier molecular flexibility index (Phi) is 5.99. The number of nitrogens with zero attached hydrogens (tertiary/aromatic N) is 4. The maximum atomic E-state index is 10.6. The molecule has 0 radical (unpaired) electrons. The lowest BCUT2D eigenvalue weighted by Crippen LogP contribution is -1.94. The first kappa shape index (κ1) is 24.6. The highest BCUT2D eigenvalue weighted by Crippen LogP contribution is 2.39. The van der Waals surface area contributed by atoms with Crippen molar-refractivity contribution in [1.82, 2.24) is 19.5 Å². The minimum Gasteiger partial charge on any atom is -0.507 e. The van der Waals surface area contributed by atoms with Crippen LogP contribution in [0.1, 0.15) is 22.3 Å². The molecular formula is C34H30N4O. The second-order valence-corrected chi connectivity index (χ2v) is 10.4. The van der Waals surface area contributed by atoms with Gasteiger partial charge in [-0.15, -0.1) is 0 Å². The number of aryl methyl sites for hydroxylation is 5. The lowest BCUT2D eigenvalue weighted by Gasteiger charge is -2.15. The molecule has 0 fully saturated rings. The summed E-state index contributed by atoms with van der Waals surface area (Å²) in [7, 11) is 1.96. The Morgan fingerprint density at radius 2 is 1.46 bits per heavy atom. The molecule has 39 heavy (non-hydrogen) atoms. The van der Waals surface area contributed by atoms with Crippen molar-refractivity contribution in [2.24, 2.45) is 7.05 Å². The largest absolute Gasteiger partial charge is 0.507 e. The van der Waals surface area contributed by atoms with Crippen LogP contribution in [0.2, 0.25) is 0 Å². The molecule has 0 saturated heterocycles. The highest BCUT2D eigenvalue weighted by atomic mass is 16.3. The van der Waals surface area contributed by atoms with Crippen LogP contribution in [0, 0.1) is 27.7 Å². The van der Waals surface area contributed by atoms with Crippen molar-refractivity contribution in [2.75, 3.05) is 0 Å². The van der Waals surface area contributed by atoms with Gasteiger partial charge in [-0.05, 0) is 98.0 Å². The molecule has 3 aromatic heterocycles.